The first-order chi connectivity index (χ1) is 28.1. The van der Waals surface area contributed by atoms with E-state index in [0.717, 1.165) is 35.2 Å². The molecule has 12 heteroatoms. The van der Waals surface area contributed by atoms with Crippen LogP contribution < -0.4 is 15.4 Å². The van der Waals surface area contributed by atoms with E-state index in [4.69, 9.17) is 18.5 Å². The highest BCUT2D eigenvalue weighted by Gasteiger charge is 2.44. The van der Waals surface area contributed by atoms with E-state index in [1.165, 1.54) is 43.4 Å². The number of aliphatic hydroxyl groups is 1. The van der Waals surface area contributed by atoms with Crippen LogP contribution in [0.2, 0.25) is 0 Å². The summed E-state index contributed by atoms with van der Waals surface area (Å²) in [5, 5.41) is 15.4. The van der Waals surface area contributed by atoms with Crippen LogP contribution in [0.15, 0.2) is 127 Å². The van der Waals surface area contributed by atoms with Gasteiger partial charge in [-0.25, -0.2) is 14.1 Å². The number of ether oxygens (including phenoxy) is 2. The maximum Gasteiger partial charge on any atom is 0.416 e. The largest absolute Gasteiger partial charge is 0.493 e. The molecule has 0 bridgehead atoms. The van der Waals surface area contributed by atoms with Gasteiger partial charge in [-0.05, 0) is 90.4 Å². The van der Waals surface area contributed by atoms with Crippen molar-refractivity contribution in [2.24, 2.45) is 5.92 Å². The number of amides is 2. The number of imide groups is 1. The Kier molecular flexibility index (Phi) is 14.5. The van der Waals surface area contributed by atoms with Gasteiger partial charge >= 0.3 is 13.7 Å². The Hall–Kier alpha value is -5.32. The highest BCUT2D eigenvalue weighted by atomic mass is 31.2. The molecule has 58 heavy (non-hydrogen) atoms. The van der Waals surface area contributed by atoms with Crippen molar-refractivity contribution in [3.63, 3.8) is 0 Å². The Balaban J connectivity index is 1.44. The molecular weight excluding hydrogens is 758 g/mol. The van der Waals surface area contributed by atoms with Crippen LogP contribution in [-0.4, -0.2) is 55.5 Å². The van der Waals surface area contributed by atoms with Gasteiger partial charge in [0.1, 0.15) is 18.2 Å². The zero-order chi connectivity index (χ0) is 41.1. The molecule has 1 saturated heterocycles. The second-order valence-electron chi connectivity index (χ2n) is 14.2. The summed E-state index contributed by atoms with van der Waals surface area (Å²) >= 11 is 0. The molecule has 10 nitrogen and oxygen atoms in total. The van der Waals surface area contributed by atoms with Gasteiger partial charge in [-0.3, -0.25) is 9.36 Å². The summed E-state index contributed by atoms with van der Waals surface area (Å²) < 4.78 is 49.3. The zero-order valence-corrected chi connectivity index (χ0v) is 33.9. The van der Waals surface area contributed by atoms with Crippen LogP contribution in [0.1, 0.15) is 61.4 Å². The number of nitrogens with one attached hydrogen (secondary N) is 1. The van der Waals surface area contributed by atoms with E-state index in [-0.39, 0.29) is 19.4 Å². The van der Waals surface area contributed by atoms with Gasteiger partial charge < -0.3 is 28.9 Å². The lowest BCUT2D eigenvalue weighted by atomic mass is 9.84. The molecule has 0 spiro atoms. The molecule has 0 aromatic heterocycles. The van der Waals surface area contributed by atoms with Crippen LogP contribution >= 0.6 is 7.60 Å². The Morgan fingerprint density at radius 1 is 0.897 bits per heavy atom. The molecule has 2 amide bonds. The first kappa shape index (κ1) is 42.3. The minimum Gasteiger partial charge on any atom is -0.493 e. The van der Waals surface area contributed by atoms with Crippen molar-refractivity contribution in [3.05, 3.63) is 150 Å². The van der Waals surface area contributed by atoms with Gasteiger partial charge in [-0.1, -0.05) is 98.3 Å². The van der Waals surface area contributed by atoms with Gasteiger partial charge in [0.05, 0.1) is 36.0 Å². The zero-order valence-electron chi connectivity index (χ0n) is 33.0. The molecule has 0 aliphatic carbocycles. The first-order valence-electron chi connectivity index (χ1n) is 19.5. The smallest absolute Gasteiger partial charge is 0.416 e. The first-order valence-corrected chi connectivity index (χ1v) is 21.1. The van der Waals surface area contributed by atoms with Crippen LogP contribution in [-0.2, 0) is 29.6 Å². The van der Waals surface area contributed by atoms with Gasteiger partial charge in [0.25, 0.3) is 0 Å². The van der Waals surface area contributed by atoms with Crippen molar-refractivity contribution in [2.75, 3.05) is 32.8 Å². The van der Waals surface area contributed by atoms with E-state index in [1.54, 1.807) is 12.1 Å². The van der Waals surface area contributed by atoms with Gasteiger partial charge in [0.2, 0.25) is 5.91 Å². The standard InChI is InChI=1S/C46H50FN2O8P/c1-4-5-28-56-43-30-35(33-18-23-39(24-19-33)58(53,54-2)55-3)20-25-40(43)44(48-37-14-10-7-11-15-37)41(26-27-42(50)34-16-21-36(47)22-17-34)45(51)49-38(31-57-46(49)52)29-32-12-8-6-9-13-32/h6-25,30,38,41-42,44,48,50H,4-5,26-29,31H2,1-3H3/t38-,41+,42-,44+/m0/s1. The number of anilines is 1. The fourth-order valence-corrected chi connectivity index (χ4v) is 8.31. The van der Waals surface area contributed by atoms with E-state index in [0.29, 0.717) is 35.2 Å². The molecule has 0 radical (unpaired) electrons. The minimum atomic E-state index is -3.46. The van der Waals surface area contributed by atoms with E-state index in [9.17, 15) is 18.9 Å². The fraction of sp³-hybridized carbons (Fsp3) is 0.304. The second-order valence-corrected chi connectivity index (χ2v) is 16.5. The van der Waals surface area contributed by atoms with E-state index in [2.05, 4.69) is 12.2 Å². The number of nitrogens with zero attached hydrogens (tertiary/aromatic N) is 1. The molecule has 4 atom stereocenters. The summed E-state index contributed by atoms with van der Waals surface area (Å²) in [5.41, 5.74) is 4.49. The lowest BCUT2D eigenvalue weighted by molar-refractivity contribution is -0.134. The van der Waals surface area contributed by atoms with Gasteiger partial charge in [0.15, 0.2) is 0 Å². The Morgan fingerprint density at radius 3 is 2.21 bits per heavy atom. The summed E-state index contributed by atoms with van der Waals surface area (Å²) in [5.74, 6) is -1.27. The summed E-state index contributed by atoms with van der Waals surface area (Å²) in [6, 6.07) is 36.3. The fourth-order valence-electron chi connectivity index (χ4n) is 7.22. The Labute approximate surface area is 339 Å². The highest BCUT2D eigenvalue weighted by molar-refractivity contribution is 7.62. The van der Waals surface area contributed by atoms with Crippen molar-refractivity contribution in [1.29, 1.82) is 0 Å². The minimum absolute atomic E-state index is 0.0459. The van der Waals surface area contributed by atoms with Crippen molar-refractivity contribution < 1.29 is 42.2 Å². The lowest BCUT2D eigenvalue weighted by Gasteiger charge is -2.33. The van der Waals surface area contributed by atoms with Crippen molar-refractivity contribution >= 4 is 30.6 Å². The SMILES string of the molecule is CCCCOc1cc(-c2ccc(P(=O)(OC)OC)cc2)ccc1[C@@H](Nc1ccccc1)[C@@H](CC[C@H](O)c1ccc(F)cc1)C(=O)N1C(=O)OC[C@@H]1Cc1ccccc1. The molecule has 1 aliphatic rings. The van der Waals surface area contributed by atoms with Gasteiger partial charge in [-0.15, -0.1) is 0 Å². The maximum absolute atomic E-state index is 15.1. The van der Waals surface area contributed by atoms with Crippen LogP contribution in [0.4, 0.5) is 14.9 Å². The normalized spacial score (nSPS) is 15.7. The number of carbonyl (C=O) groups is 2. The number of hydrogen-bond acceptors (Lipinski definition) is 9. The van der Waals surface area contributed by atoms with Crippen molar-refractivity contribution in [2.45, 2.75) is 57.2 Å². The summed E-state index contributed by atoms with van der Waals surface area (Å²) in [7, 11) is -0.775. The molecule has 5 aromatic carbocycles. The quantitative estimate of drug-likeness (QED) is 0.0620. The summed E-state index contributed by atoms with van der Waals surface area (Å²) in [6.45, 7) is 2.53. The van der Waals surface area contributed by atoms with E-state index >= 15 is 4.79 Å². The van der Waals surface area contributed by atoms with Crippen LogP contribution in [0.3, 0.4) is 0 Å². The molecule has 1 aliphatic heterocycles. The highest BCUT2D eigenvalue weighted by Crippen LogP contribution is 2.46. The van der Waals surface area contributed by atoms with Crippen LogP contribution in [0.25, 0.3) is 11.1 Å². The predicted octanol–water partition coefficient (Wildman–Crippen LogP) is 9.66. The number of para-hydroxylation sites is 1. The molecule has 1 fully saturated rings. The van der Waals surface area contributed by atoms with Crippen LogP contribution in [0.5, 0.6) is 5.75 Å². The second kappa shape index (κ2) is 19.9. The topological polar surface area (TPSA) is 124 Å². The molecule has 0 unspecified atom stereocenters. The van der Waals surface area contributed by atoms with Gasteiger partial charge in [-0.2, -0.15) is 0 Å². The molecule has 0 saturated carbocycles. The third kappa shape index (κ3) is 10.2. The molecular formula is C46H50FN2O8P. The number of hydrogen-bond donors (Lipinski definition) is 2. The number of carbonyl (C=O) groups excluding carboxylic acids is 2. The third-order valence-corrected chi connectivity index (χ3v) is 12.3. The molecule has 5 aromatic rings. The maximum atomic E-state index is 15.1. The third-order valence-electron chi connectivity index (χ3n) is 10.4. The lowest BCUT2D eigenvalue weighted by Crippen LogP contribution is -2.46. The Bertz CT molecular complexity index is 2150. The summed E-state index contributed by atoms with van der Waals surface area (Å²) in [4.78, 5) is 29.9. The number of rotatable bonds is 19. The van der Waals surface area contributed by atoms with E-state index < -0.39 is 49.5 Å². The monoisotopic (exact) mass is 808 g/mol. The van der Waals surface area contributed by atoms with Gasteiger partial charge in [0, 0.05) is 25.5 Å². The average molecular weight is 809 g/mol. The van der Waals surface area contributed by atoms with Crippen molar-refractivity contribution in [1.82, 2.24) is 4.90 Å². The predicted molar refractivity (Wildman–Crippen MR) is 223 cm³/mol. The average Bonchev–Trinajstić information content (AvgIpc) is 3.62. The molecule has 2 N–H and O–H groups in total. The number of benzene rings is 5. The number of halogens is 1. The summed E-state index contributed by atoms with van der Waals surface area (Å²) in [6.07, 6.45) is 0.609. The van der Waals surface area contributed by atoms with Crippen LogP contribution in [0, 0.1) is 11.7 Å². The molecule has 6 rings (SSSR count). The molecule has 304 valence electrons. The van der Waals surface area contributed by atoms with Crippen molar-refractivity contribution in [3.8, 4) is 16.9 Å². The number of aliphatic hydroxyl groups excluding tert-OH is 1. The molecule has 1 heterocycles. The Morgan fingerprint density at radius 2 is 1.55 bits per heavy atom. The number of unbranched alkanes of at least 4 members (excludes halogenated alkanes) is 1. The van der Waals surface area contributed by atoms with E-state index in [1.807, 2.05) is 91.0 Å². The number of cyclic esters (lactones) is 1.